The number of ether oxygens (including phenoxy) is 1. The van der Waals surface area contributed by atoms with Crippen molar-refractivity contribution in [2.45, 2.75) is 45.8 Å². The Morgan fingerprint density at radius 3 is 2.25 bits per heavy atom. The molecule has 0 aliphatic rings. The number of hydrogen-bond acceptors (Lipinski definition) is 3. The van der Waals surface area contributed by atoms with Crippen molar-refractivity contribution >= 4 is 0 Å². The highest BCUT2D eigenvalue weighted by Gasteiger charge is 2.21. The Kier molecular flexibility index (Phi) is 6.34. The molecule has 0 saturated heterocycles. The van der Waals surface area contributed by atoms with E-state index in [2.05, 4.69) is 26.2 Å². The normalized spacial score (nSPS) is 16.5. The second-order valence-electron chi connectivity index (χ2n) is 3.51. The molecule has 2 atom stereocenters. The van der Waals surface area contributed by atoms with Gasteiger partial charge in [0.15, 0.2) is 0 Å². The van der Waals surface area contributed by atoms with Crippen LogP contribution in [0, 0.1) is 5.92 Å². The van der Waals surface area contributed by atoms with Gasteiger partial charge in [-0.05, 0) is 12.3 Å². The molecular formula is C9H22N2O. The lowest BCUT2D eigenvalue weighted by Crippen LogP contribution is -2.47. The molecule has 0 spiro atoms. The lowest BCUT2D eigenvalue weighted by molar-refractivity contribution is 0.0305. The molecule has 0 aromatic carbocycles. The van der Waals surface area contributed by atoms with E-state index >= 15 is 0 Å². The molecule has 3 nitrogen and oxygen atoms in total. The molecule has 74 valence electrons. The number of hydrogen-bond donors (Lipinski definition) is 2. The van der Waals surface area contributed by atoms with E-state index in [0.29, 0.717) is 5.92 Å². The molecule has 0 aromatic rings. The molecule has 0 amide bonds. The Bertz CT molecular complexity index is 107. The van der Waals surface area contributed by atoms with Crippen molar-refractivity contribution in [1.82, 2.24) is 5.43 Å². The molecule has 0 heterocycles. The topological polar surface area (TPSA) is 47.3 Å². The van der Waals surface area contributed by atoms with Gasteiger partial charge in [-0.3, -0.25) is 11.3 Å². The number of methoxy groups -OCH3 is 1. The third kappa shape index (κ3) is 3.52. The molecule has 0 aromatic heterocycles. The van der Waals surface area contributed by atoms with Crippen LogP contribution in [0.15, 0.2) is 0 Å². The van der Waals surface area contributed by atoms with Gasteiger partial charge in [0.2, 0.25) is 0 Å². The van der Waals surface area contributed by atoms with Crippen LogP contribution in [0.2, 0.25) is 0 Å². The molecule has 0 aliphatic heterocycles. The lowest BCUT2D eigenvalue weighted by atomic mass is 9.97. The fourth-order valence-corrected chi connectivity index (χ4v) is 1.55. The largest absolute Gasteiger partial charge is 0.380 e. The highest BCUT2D eigenvalue weighted by atomic mass is 16.5. The Morgan fingerprint density at radius 1 is 1.42 bits per heavy atom. The van der Waals surface area contributed by atoms with Gasteiger partial charge in [-0.25, -0.2) is 0 Å². The number of nitrogens with one attached hydrogen (secondary N) is 1. The first-order valence-electron chi connectivity index (χ1n) is 4.66. The summed E-state index contributed by atoms with van der Waals surface area (Å²) in [6, 6.07) is 0.278. The third-order valence-electron chi connectivity index (χ3n) is 2.14. The molecule has 0 aliphatic carbocycles. The summed E-state index contributed by atoms with van der Waals surface area (Å²) in [5, 5.41) is 0. The van der Waals surface area contributed by atoms with Gasteiger partial charge < -0.3 is 4.74 Å². The first-order valence-corrected chi connectivity index (χ1v) is 4.66. The first-order chi connectivity index (χ1) is 5.67. The summed E-state index contributed by atoms with van der Waals surface area (Å²) in [5.74, 6) is 5.95. The van der Waals surface area contributed by atoms with Crippen LogP contribution in [0.5, 0.6) is 0 Å². The Labute approximate surface area is 75.6 Å². The van der Waals surface area contributed by atoms with E-state index in [1.165, 1.54) is 0 Å². The zero-order valence-electron chi connectivity index (χ0n) is 8.63. The smallest absolute Gasteiger partial charge is 0.0760 e. The molecular weight excluding hydrogens is 152 g/mol. The van der Waals surface area contributed by atoms with E-state index in [4.69, 9.17) is 10.6 Å². The van der Waals surface area contributed by atoms with Crippen molar-refractivity contribution in [3.63, 3.8) is 0 Å². The summed E-state index contributed by atoms with van der Waals surface area (Å²) in [6.45, 7) is 6.44. The molecule has 2 unspecified atom stereocenters. The summed E-state index contributed by atoms with van der Waals surface area (Å²) in [6.07, 6.45) is 2.41. The van der Waals surface area contributed by atoms with Gasteiger partial charge in [0.1, 0.15) is 0 Å². The molecule has 0 fully saturated rings. The Morgan fingerprint density at radius 2 is 2.00 bits per heavy atom. The predicted molar refractivity (Wildman–Crippen MR) is 51.7 cm³/mol. The van der Waals surface area contributed by atoms with E-state index in [0.717, 1.165) is 12.8 Å². The van der Waals surface area contributed by atoms with Crippen LogP contribution in [0.3, 0.4) is 0 Å². The van der Waals surface area contributed by atoms with Gasteiger partial charge in [-0.2, -0.15) is 0 Å². The molecule has 0 radical (unpaired) electrons. The molecule has 3 heteroatoms. The second kappa shape index (κ2) is 6.40. The fraction of sp³-hybridized carbons (Fsp3) is 1.00. The Hall–Kier alpha value is -0.120. The van der Waals surface area contributed by atoms with Crippen molar-refractivity contribution in [2.24, 2.45) is 11.8 Å². The SMILES string of the molecule is CCCC(NN)C(OC)C(C)C. The maximum atomic E-state index is 5.44. The van der Waals surface area contributed by atoms with Crippen LogP contribution < -0.4 is 11.3 Å². The third-order valence-corrected chi connectivity index (χ3v) is 2.14. The molecule has 0 rings (SSSR count). The summed E-state index contributed by atoms with van der Waals surface area (Å²) < 4.78 is 5.37. The average Bonchev–Trinajstić information content (AvgIpc) is 2.03. The summed E-state index contributed by atoms with van der Waals surface area (Å²) in [4.78, 5) is 0. The zero-order valence-corrected chi connectivity index (χ0v) is 8.63. The van der Waals surface area contributed by atoms with Crippen molar-refractivity contribution in [3.8, 4) is 0 Å². The quantitative estimate of drug-likeness (QED) is 0.471. The second-order valence-corrected chi connectivity index (χ2v) is 3.51. The molecule has 0 saturated carbocycles. The maximum Gasteiger partial charge on any atom is 0.0760 e. The monoisotopic (exact) mass is 174 g/mol. The van der Waals surface area contributed by atoms with Crippen LogP contribution in [0.1, 0.15) is 33.6 Å². The zero-order chi connectivity index (χ0) is 9.56. The predicted octanol–water partition coefficient (Wildman–Crippen LogP) is 1.29. The van der Waals surface area contributed by atoms with E-state index < -0.39 is 0 Å². The van der Waals surface area contributed by atoms with Gasteiger partial charge in [0.05, 0.1) is 6.10 Å². The first kappa shape index (κ1) is 11.9. The van der Waals surface area contributed by atoms with Crippen molar-refractivity contribution in [2.75, 3.05) is 7.11 Å². The molecule has 0 bridgehead atoms. The lowest BCUT2D eigenvalue weighted by Gasteiger charge is -2.28. The summed E-state index contributed by atoms with van der Waals surface area (Å²) >= 11 is 0. The van der Waals surface area contributed by atoms with Crippen LogP contribution >= 0.6 is 0 Å². The van der Waals surface area contributed by atoms with Gasteiger partial charge >= 0.3 is 0 Å². The summed E-state index contributed by atoms with van der Waals surface area (Å²) in [7, 11) is 1.74. The van der Waals surface area contributed by atoms with Gasteiger partial charge in [-0.1, -0.05) is 27.2 Å². The van der Waals surface area contributed by atoms with Crippen LogP contribution in [0.25, 0.3) is 0 Å². The van der Waals surface area contributed by atoms with E-state index in [-0.39, 0.29) is 12.1 Å². The number of rotatable bonds is 6. The number of hydrazine groups is 1. The highest BCUT2D eigenvalue weighted by Crippen LogP contribution is 2.13. The van der Waals surface area contributed by atoms with Crippen LogP contribution in [-0.4, -0.2) is 19.3 Å². The molecule has 3 N–H and O–H groups in total. The minimum absolute atomic E-state index is 0.218. The molecule has 12 heavy (non-hydrogen) atoms. The maximum absolute atomic E-state index is 5.44. The van der Waals surface area contributed by atoms with E-state index in [1.807, 2.05) is 0 Å². The van der Waals surface area contributed by atoms with Gasteiger partial charge in [0, 0.05) is 13.2 Å². The minimum atomic E-state index is 0.218. The summed E-state index contributed by atoms with van der Waals surface area (Å²) in [5.41, 5.74) is 2.81. The number of nitrogens with two attached hydrogens (primary N) is 1. The fourth-order valence-electron chi connectivity index (χ4n) is 1.55. The van der Waals surface area contributed by atoms with Crippen molar-refractivity contribution in [3.05, 3.63) is 0 Å². The highest BCUT2D eigenvalue weighted by molar-refractivity contribution is 4.76. The standard InChI is InChI=1S/C9H22N2O/c1-5-6-8(11-10)9(12-4)7(2)3/h7-9,11H,5-6,10H2,1-4H3. The average molecular weight is 174 g/mol. The van der Waals surface area contributed by atoms with Crippen LogP contribution in [0.4, 0.5) is 0 Å². The van der Waals surface area contributed by atoms with Gasteiger partial charge in [-0.15, -0.1) is 0 Å². The van der Waals surface area contributed by atoms with Crippen LogP contribution in [-0.2, 0) is 4.74 Å². The van der Waals surface area contributed by atoms with E-state index in [1.54, 1.807) is 7.11 Å². The minimum Gasteiger partial charge on any atom is -0.380 e. The van der Waals surface area contributed by atoms with Crippen molar-refractivity contribution < 1.29 is 4.74 Å². The van der Waals surface area contributed by atoms with Crippen molar-refractivity contribution in [1.29, 1.82) is 0 Å². The van der Waals surface area contributed by atoms with E-state index in [9.17, 15) is 0 Å². The Balaban J connectivity index is 4.02. The van der Waals surface area contributed by atoms with Gasteiger partial charge in [0.25, 0.3) is 0 Å².